The van der Waals surface area contributed by atoms with Crippen LogP contribution in [-0.4, -0.2) is 70.4 Å². The molecular weight excluding hydrogens is 264 g/mol. The number of nitrogens with zero attached hydrogens (tertiary/aromatic N) is 5. The zero-order chi connectivity index (χ0) is 15.4. The van der Waals surface area contributed by atoms with E-state index in [2.05, 4.69) is 47.8 Å². The minimum atomic E-state index is 0.138. The lowest BCUT2D eigenvalue weighted by molar-refractivity contribution is 0.104. The summed E-state index contributed by atoms with van der Waals surface area (Å²) in [7, 11) is 4.39. The zero-order valence-electron chi connectivity index (χ0n) is 13.9. The second-order valence-electron chi connectivity index (χ2n) is 6.85. The lowest BCUT2D eigenvalue weighted by atomic mass is 10.0. The Morgan fingerprint density at radius 3 is 2.81 bits per heavy atom. The number of likely N-dealkylation sites (N-methyl/N-ethyl adjacent to an activating group) is 2. The van der Waals surface area contributed by atoms with Gasteiger partial charge in [-0.25, -0.2) is 9.67 Å². The van der Waals surface area contributed by atoms with Crippen molar-refractivity contribution in [3.63, 3.8) is 0 Å². The van der Waals surface area contributed by atoms with Crippen LogP contribution in [0.25, 0.3) is 0 Å². The molecule has 0 radical (unpaired) electrons. The Morgan fingerprint density at radius 1 is 1.33 bits per heavy atom. The molecule has 1 aliphatic rings. The topological polar surface area (TPSA) is 63.2 Å². The highest BCUT2D eigenvalue weighted by atomic mass is 15.3. The van der Waals surface area contributed by atoms with Crippen LogP contribution in [0.15, 0.2) is 6.33 Å². The number of rotatable bonds is 6. The number of piperazine rings is 1. The molecule has 120 valence electrons. The minimum Gasteiger partial charge on any atom is -0.327 e. The number of hydrogen-bond acceptors (Lipinski definition) is 5. The summed E-state index contributed by atoms with van der Waals surface area (Å²) in [6.45, 7) is 8.66. The molecule has 6 heteroatoms. The van der Waals surface area contributed by atoms with E-state index in [0.717, 1.165) is 44.8 Å². The Balaban J connectivity index is 1.89. The van der Waals surface area contributed by atoms with Crippen LogP contribution in [0.1, 0.15) is 26.1 Å². The Morgan fingerprint density at radius 2 is 2.10 bits per heavy atom. The Hall–Kier alpha value is -0.980. The van der Waals surface area contributed by atoms with Crippen molar-refractivity contribution >= 4 is 0 Å². The third-order valence-electron chi connectivity index (χ3n) is 4.23. The van der Waals surface area contributed by atoms with E-state index in [1.54, 1.807) is 6.33 Å². The van der Waals surface area contributed by atoms with Crippen molar-refractivity contribution in [1.82, 2.24) is 24.6 Å². The van der Waals surface area contributed by atoms with E-state index in [1.807, 2.05) is 4.68 Å². The molecule has 0 spiro atoms. The zero-order valence-corrected chi connectivity index (χ0v) is 13.9. The summed E-state index contributed by atoms with van der Waals surface area (Å²) in [5, 5.41) is 4.31. The van der Waals surface area contributed by atoms with Crippen LogP contribution in [0, 0.1) is 5.92 Å². The van der Waals surface area contributed by atoms with Gasteiger partial charge in [0.15, 0.2) is 0 Å². The second-order valence-corrected chi connectivity index (χ2v) is 6.85. The third-order valence-corrected chi connectivity index (χ3v) is 4.23. The average Bonchev–Trinajstić information content (AvgIpc) is 2.80. The van der Waals surface area contributed by atoms with Gasteiger partial charge in [-0.1, -0.05) is 13.8 Å². The van der Waals surface area contributed by atoms with Crippen LogP contribution in [0.5, 0.6) is 0 Å². The van der Waals surface area contributed by atoms with Gasteiger partial charge in [0.2, 0.25) is 0 Å². The Kier molecular flexibility index (Phi) is 5.72. The van der Waals surface area contributed by atoms with Crippen LogP contribution < -0.4 is 5.73 Å². The van der Waals surface area contributed by atoms with Gasteiger partial charge in [0.25, 0.3) is 0 Å². The molecule has 2 atom stereocenters. The molecule has 2 rings (SSSR count). The molecule has 2 unspecified atom stereocenters. The van der Waals surface area contributed by atoms with Gasteiger partial charge >= 0.3 is 0 Å². The van der Waals surface area contributed by atoms with Crippen LogP contribution in [-0.2, 0) is 13.0 Å². The van der Waals surface area contributed by atoms with Crippen LogP contribution in [0.4, 0.5) is 0 Å². The number of hydrogen-bond donors (Lipinski definition) is 1. The van der Waals surface area contributed by atoms with E-state index in [-0.39, 0.29) is 6.04 Å². The average molecular weight is 294 g/mol. The molecule has 0 aromatic carbocycles. The number of aromatic nitrogens is 3. The summed E-state index contributed by atoms with van der Waals surface area (Å²) >= 11 is 0. The Bertz CT molecular complexity index is 430. The van der Waals surface area contributed by atoms with E-state index in [1.165, 1.54) is 0 Å². The molecule has 1 aromatic rings. The van der Waals surface area contributed by atoms with Gasteiger partial charge in [-0.3, -0.25) is 0 Å². The van der Waals surface area contributed by atoms with Crippen molar-refractivity contribution in [1.29, 1.82) is 0 Å². The molecule has 6 nitrogen and oxygen atoms in total. The molecular formula is C15H30N6. The monoisotopic (exact) mass is 294 g/mol. The van der Waals surface area contributed by atoms with E-state index >= 15 is 0 Å². The molecule has 0 saturated carbocycles. The third kappa shape index (κ3) is 4.76. The van der Waals surface area contributed by atoms with Gasteiger partial charge in [-0.05, 0) is 26.4 Å². The van der Waals surface area contributed by atoms with Crippen LogP contribution >= 0.6 is 0 Å². The van der Waals surface area contributed by atoms with Gasteiger partial charge in [-0.15, -0.1) is 0 Å². The van der Waals surface area contributed by atoms with Crippen molar-refractivity contribution < 1.29 is 0 Å². The largest absolute Gasteiger partial charge is 0.327 e. The summed E-state index contributed by atoms with van der Waals surface area (Å²) in [6, 6.07) is 0.680. The molecule has 1 aromatic heterocycles. The molecule has 0 aliphatic carbocycles. The molecule has 0 bridgehead atoms. The van der Waals surface area contributed by atoms with Crippen molar-refractivity contribution in [2.75, 3.05) is 33.7 Å². The first kappa shape index (κ1) is 16.4. The van der Waals surface area contributed by atoms with Crippen molar-refractivity contribution in [3.05, 3.63) is 12.2 Å². The predicted octanol–water partition coefficient (Wildman–Crippen LogP) is 0.440. The standard InChI is InChI=1S/C15H30N6/c1-12(2)9-21-15(17-11-18-21)8-13(16)7-14-10-19(3)5-6-20(14)4/h11-14H,5-10,16H2,1-4H3. The first-order valence-electron chi connectivity index (χ1n) is 7.96. The lowest BCUT2D eigenvalue weighted by Crippen LogP contribution is -2.52. The maximum absolute atomic E-state index is 6.38. The quantitative estimate of drug-likeness (QED) is 0.825. The maximum Gasteiger partial charge on any atom is 0.138 e. The van der Waals surface area contributed by atoms with Gasteiger partial charge < -0.3 is 15.5 Å². The van der Waals surface area contributed by atoms with Crippen LogP contribution in [0.2, 0.25) is 0 Å². The molecule has 21 heavy (non-hydrogen) atoms. The first-order chi connectivity index (χ1) is 9.95. The highest BCUT2D eigenvalue weighted by molar-refractivity contribution is 4.92. The highest BCUT2D eigenvalue weighted by Crippen LogP contribution is 2.13. The molecule has 1 fully saturated rings. The van der Waals surface area contributed by atoms with Gasteiger partial charge in [-0.2, -0.15) is 5.10 Å². The number of nitrogens with two attached hydrogens (primary N) is 1. The molecule has 2 N–H and O–H groups in total. The second kappa shape index (κ2) is 7.33. The SMILES string of the molecule is CC(C)Cn1ncnc1CC(N)CC1CN(C)CCN1C. The maximum atomic E-state index is 6.38. The van der Waals surface area contributed by atoms with Gasteiger partial charge in [0.05, 0.1) is 0 Å². The smallest absolute Gasteiger partial charge is 0.138 e. The predicted molar refractivity (Wildman–Crippen MR) is 85.1 cm³/mol. The summed E-state index contributed by atoms with van der Waals surface area (Å²) < 4.78 is 2.00. The van der Waals surface area contributed by atoms with E-state index in [4.69, 9.17) is 5.73 Å². The summed E-state index contributed by atoms with van der Waals surface area (Å²) in [5.74, 6) is 1.59. The first-order valence-corrected chi connectivity index (χ1v) is 7.96. The van der Waals surface area contributed by atoms with Gasteiger partial charge in [0, 0.05) is 44.7 Å². The van der Waals surface area contributed by atoms with E-state index < -0.39 is 0 Å². The van der Waals surface area contributed by atoms with E-state index in [9.17, 15) is 0 Å². The molecule has 1 saturated heterocycles. The highest BCUT2D eigenvalue weighted by Gasteiger charge is 2.24. The fourth-order valence-electron chi connectivity index (χ4n) is 2.97. The van der Waals surface area contributed by atoms with Crippen molar-refractivity contribution in [2.45, 2.75) is 45.3 Å². The van der Waals surface area contributed by atoms with Crippen LogP contribution in [0.3, 0.4) is 0 Å². The van der Waals surface area contributed by atoms with Gasteiger partial charge in [0.1, 0.15) is 12.2 Å². The normalized spacial score (nSPS) is 22.9. The fraction of sp³-hybridized carbons (Fsp3) is 0.867. The molecule has 0 amide bonds. The Labute approximate surface area is 128 Å². The molecule has 1 aliphatic heterocycles. The lowest BCUT2D eigenvalue weighted by Gasteiger charge is -2.38. The van der Waals surface area contributed by atoms with Crippen molar-refractivity contribution in [2.24, 2.45) is 11.7 Å². The molecule has 2 heterocycles. The van der Waals surface area contributed by atoms with E-state index in [0.29, 0.717) is 12.0 Å². The fourth-order valence-corrected chi connectivity index (χ4v) is 2.97. The minimum absolute atomic E-state index is 0.138. The summed E-state index contributed by atoms with van der Waals surface area (Å²) in [6.07, 6.45) is 3.46. The summed E-state index contributed by atoms with van der Waals surface area (Å²) in [5.41, 5.74) is 6.38. The summed E-state index contributed by atoms with van der Waals surface area (Å²) in [4.78, 5) is 9.20. The van der Waals surface area contributed by atoms with Crippen molar-refractivity contribution in [3.8, 4) is 0 Å².